The lowest BCUT2D eigenvalue weighted by Crippen LogP contribution is -2.36. The van der Waals surface area contributed by atoms with E-state index in [1.807, 2.05) is 36.5 Å². The average molecular weight is 577 g/mol. The molecule has 0 bridgehead atoms. The summed E-state index contributed by atoms with van der Waals surface area (Å²) >= 11 is 0. The highest BCUT2D eigenvalue weighted by Crippen LogP contribution is 2.34. The largest absolute Gasteiger partial charge is 0.379 e. The number of carbonyl (C=O) groups excluding carboxylic acids is 2. The number of fused-ring (bicyclic) bond motifs is 1. The fraction of sp³-hybridized carbons (Fsp3) is 0.281. The Labute approximate surface area is 249 Å². The minimum absolute atomic E-state index is 0.0265. The highest BCUT2D eigenvalue weighted by atomic mass is 16.5. The Morgan fingerprint density at radius 2 is 1.93 bits per heavy atom. The number of amides is 2. The van der Waals surface area contributed by atoms with Gasteiger partial charge >= 0.3 is 0 Å². The molecular formula is C32H32N8O3. The van der Waals surface area contributed by atoms with Crippen molar-refractivity contribution in [1.82, 2.24) is 24.8 Å². The van der Waals surface area contributed by atoms with Gasteiger partial charge in [-0.1, -0.05) is 24.3 Å². The molecule has 43 heavy (non-hydrogen) atoms. The van der Waals surface area contributed by atoms with Gasteiger partial charge in [-0.05, 0) is 36.8 Å². The van der Waals surface area contributed by atoms with Crippen molar-refractivity contribution in [3.8, 4) is 11.3 Å². The van der Waals surface area contributed by atoms with E-state index in [2.05, 4.69) is 30.3 Å². The molecule has 4 aromatic rings. The lowest BCUT2D eigenvalue weighted by atomic mass is 10.1. The molecule has 11 nitrogen and oxygen atoms in total. The summed E-state index contributed by atoms with van der Waals surface area (Å²) in [4.78, 5) is 45.5. The van der Waals surface area contributed by atoms with Crippen LogP contribution in [0.1, 0.15) is 16.8 Å². The smallest absolute Gasteiger partial charge is 0.253 e. The number of aromatic nitrogens is 3. The number of morpholine rings is 1. The molecule has 0 aliphatic carbocycles. The second-order valence-corrected chi connectivity index (χ2v) is 10.6. The summed E-state index contributed by atoms with van der Waals surface area (Å²) in [6, 6.07) is 14.8. The number of carbonyl (C=O) groups is 2. The van der Waals surface area contributed by atoms with E-state index in [4.69, 9.17) is 16.3 Å². The van der Waals surface area contributed by atoms with E-state index in [1.165, 1.54) is 12.3 Å². The fourth-order valence-corrected chi connectivity index (χ4v) is 5.39. The van der Waals surface area contributed by atoms with Crippen LogP contribution < -0.4 is 10.6 Å². The van der Waals surface area contributed by atoms with Crippen molar-refractivity contribution >= 4 is 40.0 Å². The standard InChI is InChI=1S/C32H32N8O3/c1-33-28-20-35-32(38-30(28)26-19-34-27-6-3-2-5-25(26)27)37-24-12-14-40(21-24)31(42)22-8-10-23(11-9-22)36-29(41)7-4-13-39-15-17-43-18-16-39/h2-11,19-20,24,34H,12-18,21H2,(H,36,41)(H,35,37,38)/b7-4+/t24-/m1/s1. The average Bonchev–Trinajstić information content (AvgIpc) is 3.69. The molecule has 0 radical (unpaired) electrons. The number of ether oxygens (including phenoxy) is 1. The minimum atomic E-state index is -0.208. The Morgan fingerprint density at radius 3 is 2.74 bits per heavy atom. The second-order valence-electron chi connectivity index (χ2n) is 10.6. The van der Waals surface area contributed by atoms with Crippen LogP contribution in [-0.2, 0) is 9.53 Å². The molecule has 0 unspecified atom stereocenters. The van der Waals surface area contributed by atoms with E-state index in [1.54, 1.807) is 29.2 Å². The first-order valence-electron chi connectivity index (χ1n) is 14.3. The second kappa shape index (κ2) is 12.9. The van der Waals surface area contributed by atoms with Gasteiger partial charge in [0.2, 0.25) is 17.5 Å². The van der Waals surface area contributed by atoms with Crippen molar-refractivity contribution in [2.75, 3.05) is 56.6 Å². The van der Waals surface area contributed by atoms with Gasteiger partial charge in [0.15, 0.2) is 0 Å². The van der Waals surface area contributed by atoms with Crippen LogP contribution in [0.5, 0.6) is 0 Å². The van der Waals surface area contributed by atoms with Gasteiger partial charge in [-0.15, -0.1) is 0 Å². The molecule has 2 aromatic carbocycles. The summed E-state index contributed by atoms with van der Waals surface area (Å²) in [5.74, 6) is 0.141. The Kier molecular flexibility index (Phi) is 8.40. The quantitative estimate of drug-likeness (QED) is 0.211. The molecule has 4 heterocycles. The van der Waals surface area contributed by atoms with Gasteiger partial charge in [-0.3, -0.25) is 14.5 Å². The third-order valence-corrected chi connectivity index (χ3v) is 7.68. The number of benzene rings is 2. The fourth-order valence-electron chi connectivity index (χ4n) is 5.39. The number of para-hydroxylation sites is 1. The lowest BCUT2D eigenvalue weighted by Gasteiger charge is -2.25. The number of likely N-dealkylation sites (tertiary alicyclic amines) is 1. The number of nitrogens with one attached hydrogen (secondary N) is 3. The number of rotatable bonds is 8. The summed E-state index contributed by atoms with van der Waals surface area (Å²) in [7, 11) is 0. The van der Waals surface area contributed by atoms with Gasteiger partial charge in [-0.2, -0.15) is 0 Å². The maximum Gasteiger partial charge on any atom is 0.253 e. The van der Waals surface area contributed by atoms with Crippen LogP contribution >= 0.6 is 0 Å². The molecule has 0 spiro atoms. The molecule has 218 valence electrons. The van der Waals surface area contributed by atoms with E-state index in [0.29, 0.717) is 48.2 Å². The third kappa shape index (κ3) is 6.56. The van der Waals surface area contributed by atoms with Crippen molar-refractivity contribution in [3.05, 3.63) is 90.1 Å². The first-order valence-corrected chi connectivity index (χ1v) is 14.3. The van der Waals surface area contributed by atoms with Crippen LogP contribution in [0.2, 0.25) is 0 Å². The van der Waals surface area contributed by atoms with Crippen molar-refractivity contribution in [2.45, 2.75) is 12.5 Å². The van der Waals surface area contributed by atoms with Crippen molar-refractivity contribution in [1.29, 1.82) is 0 Å². The van der Waals surface area contributed by atoms with E-state index in [-0.39, 0.29) is 17.9 Å². The Balaban J connectivity index is 1.04. The van der Waals surface area contributed by atoms with Gasteiger partial charge in [0.1, 0.15) is 0 Å². The highest BCUT2D eigenvalue weighted by molar-refractivity contribution is 6.00. The molecular weight excluding hydrogens is 544 g/mol. The van der Waals surface area contributed by atoms with Gasteiger partial charge in [0.05, 0.1) is 25.5 Å². The number of H-pyrrole nitrogens is 1. The molecule has 2 aromatic heterocycles. The summed E-state index contributed by atoms with van der Waals surface area (Å²) in [6.45, 7) is 12.6. The third-order valence-electron chi connectivity index (χ3n) is 7.68. The molecule has 11 heteroatoms. The van der Waals surface area contributed by atoms with Crippen LogP contribution in [0.15, 0.2) is 73.1 Å². The maximum atomic E-state index is 13.2. The van der Waals surface area contributed by atoms with Crippen LogP contribution in [0.3, 0.4) is 0 Å². The summed E-state index contributed by atoms with van der Waals surface area (Å²) in [5.41, 5.74) is 3.94. The molecule has 2 aliphatic rings. The van der Waals surface area contributed by atoms with Gasteiger partial charge in [0.25, 0.3) is 5.91 Å². The van der Waals surface area contributed by atoms with Crippen LogP contribution in [0.25, 0.3) is 27.0 Å². The molecule has 2 fully saturated rings. The molecule has 2 aliphatic heterocycles. The topological polar surface area (TPSA) is 120 Å². The molecule has 3 N–H and O–H groups in total. The number of anilines is 2. The van der Waals surface area contributed by atoms with Crippen LogP contribution in [0, 0.1) is 6.57 Å². The Bertz CT molecular complexity index is 1690. The zero-order valence-corrected chi connectivity index (χ0v) is 23.6. The predicted molar refractivity (Wildman–Crippen MR) is 165 cm³/mol. The normalized spacial score (nSPS) is 17.3. The number of aromatic amines is 1. The first-order chi connectivity index (χ1) is 21.1. The van der Waals surface area contributed by atoms with Crippen LogP contribution in [0.4, 0.5) is 17.3 Å². The maximum absolute atomic E-state index is 13.2. The molecule has 2 saturated heterocycles. The van der Waals surface area contributed by atoms with E-state index >= 15 is 0 Å². The molecule has 1 atom stereocenters. The highest BCUT2D eigenvalue weighted by Gasteiger charge is 2.28. The zero-order chi connectivity index (χ0) is 29.6. The van der Waals surface area contributed by atoms with Crippen molar-refractivity contribution in [3.63, 3.8) is 0 Å². The van der Waals surface area contributed by atoms with Gasteiger partial charge in [0, 0.05) is 85.0 Å². The lowest BCUT2D eigenvalue weighted by molar-refractivity contribution is -0.111. The first kappa shape index (κ1) is 28.1. The predicted octanol–water partition coefficient (Wildman–Crippen LogP) is 4.33. The van der Waals surface area contributed by atoms with E-state index in [9.17, 15) is 9.59 Å². The van der Waals surface area contributed by atoms with Crippen LogP contribution in [-0.4, -0.2) is 88.5 Å². The van der Waals surface area contributed by atoms with E-state index in [0.717, 1.165) is 49.2 Å². The molecule has 6 rings (SSSR count). The zero-order valence-electron chi connectivity index (χ0n) is 23.6. The number of hydrogen-bond donors (Lipinski definition) is 3. The molecule has 0 saturated carbocycles. The van der Waals surface area contributed by atoms with Crippen molar-refractivity contribution in [2.24, 2.45) is 0 Å². The minimum Gasteiger partial charge on any atom is -0.379 e. The van der Waals surface area contributed by atoms with Crippen molar-refractivity contribution < 1.29 is 14.3 Å². The summed E-state index contributed by atoms with van der Waals surface area (Å²) < 4.78 is 5.34. The Hall–Kier alpha value is -5.05. The van der Waals surface area contributed by atoms with Gasteiger partial charge in [-0.25, -0.2) is 14.8 Å². The summed E-state index contributed by atoms with van der Waals surface area (Å²) in [6.07, 6.45) is 7.53. The number of nitrogens with zero attached hydrogens (tertiary/aromatic N) is 5. The number of hydrogen-bond acceptors (Lipinski definition) is 7. The van der Waals surface area contributed by atoms with Gasteiger partial charge < -0.3 is 25.3 Å². The van der Waals surface area contributed by atoms with E-state index < -0.39 is 0 Å². The Morgan fingerprint density at radius 1 is 1.12 bits per heavy atom. The monoisotopic (exact) mass is 576 g/mol. The molecule has 2 amide bonds. The SMILES string of the molecule is [C-]#[N+]c1cnc(N[C@@H]2CCN(C(=O)c3ccc(NC(=O)/C=C/CN4CCOCC4)cc3)C2)nc1-c1c[nH]c2ccccc12. The summed E-state index contributed by atoms with van der Waals surface area (Å²) in [5, 5.41) is 7.19.